The van der Waals surface area contributed by atoms with E-state index in [-0.39, 0.29) is 18.3 Å². The molecule has 0 spiro atoms. The Morgan fingerprint density at radius 2 is 2.20 bits per heavy atom. The lowest BCUT2D eigenvalue weighted by Gasteiger charge is -2.05. The molecule has 25 heavy (non-hydrogen) atoms. The highest BCUT2D eigenvalue weighted by atomic mass is 32.1. The second-order valence-corrected chi connectivity index (χ2v) is 5.77. The number of ether oxygens (including phenoxy) is 1. The number of hydrogen-bond donors (Lipinski definition) is 1. The molecule has 3 rings (SSSR count). The summed E-state index contributed by atoms with van der Waals surface area (Å²) in [4.78, 5) is 26.4. The molecule has 2 aromatic heterocycles. The number of benzene rings is 1. The number of rotatable bonds is 6. The number of anilines is 1. The van der Waals surface area contributed by atoms with Crippen LogP contribution in [0.3, 0.4) is 0 Å². The SMILES string of the molecule is COc1ccccc1-c1csc(NC(=O)Cn2ccc([N+](=O)[O-])n2)n1. The van der Waals surface area contributed by atoms with Crippen LogP contribution in [0.4, 0.5) is 10.9 Å². The summed E-state index contributed by atoms with van der Waals surface area (Å²) in [7, 11) is 1.58. The third kappa shape index (κ3) is 3.80. The number of thiazole rings is 1. The first-order valence-corrected chi connectivity index (χ1v) is 8.01. The molecule has 1 N–H and O–H groups in total. The number of nitrogens with one attached hydrogen (secondary N) is 1. The topological polar surface area (TPSA) is 112 Å². The minimum atomic E-state index is -0.616. The minimum Gasteiger partial charge on any atom is -0.496 e. The van der Waals surface area contributed by atoms with Crippen LogP contribution in [0.15, 0.2) is 41.9 Å². The lowest BCUT2D eigenvalue weighted by molar-refractivity contribution is -0.389. The Morgan fingerprint density at radius 3 is 2.92 bits per heavy atom. The van der Waals surface area contributed by atoms with Gasteiger partial charge in [0.05, 0.1) is 30.2 Å². The Morgan fingerprint density at radius 1 is 1.40 bits per heavy atom. The predicted octanol–water partition coefficient (Wildman–Crippen LogP) is 2.56. The predicted molar refractivity (Wildman–Crippen MR) is 91.6 cm³/mol. The summed E-state index contributed by atoms with van der Waals surface area (Å²) in [6.07, 6.45) is 1.37. The first-order chi connectivity index (χ1) is 12.1. The van der Waals surface area contributed by atoms with Crippen molar-refractivity contribution < 1.29 is 14.5 Å². The van der Waals surface area contributed by atoms with Gasteiger partial charge in [0.2, 0.25) is 5.91 Å². The average molecular weight is 359 g/mol. The van der Waals surface area contributed by atoms with Crippen LogP contribution in [0.25, 0.3) is 11.3 Å². The van der Waals surface area contributed by atoms with E-state index in [1.54, 1.807) is 7.11 Å². The zero-order valence-electron chi connectivity index (χ0n) is 13.1. The first kappa shape index (κ1) is 16.6. The van der Waals surface area contributed by atoms with Gasteiger partial charge in [-0.3, -0.25) is 4.79 Å². The second kappa shape index (κ2) is 7.09. The van der Waals surface area contributed by atoms with Crippen molar-refractivity contribution in [2.24, 2.45) is 0 Å². The summed E-state index contributed by atoms with van der Waals surface area (Å²) < 4.78 is 6.50. The van der Waals surface area contributed by atoms with E-state index < -0.39 is 4.92 Å². The third-order valence-corrected chi connectivity index (χ3v) is 4.01. The van der Waals surface area contributed by atoms with Gasteiger partial charge >= 0.3 is 5.82 Å². The summed E-state index contributed by atoms with van der Waals surface area (Å²) in [5.74, 6) is 0.00830. The number of para-hydroxylation sites is 1. The summed E-state index contributed by atoms with van der Waals surface area (Å²) >= 11 is 1.28. The molecule has 0 saturated heterocycles. The number of nitrogens with zero attached hydrogens (tertiary/aromatic N) is 4. The van der Waals surface area contributed by atoms with E-state index in [1.165, 1.54) is 28.3 Å². The minimum absolute atomic E-state index is 0.141. The van der Waals surface area contributed by atoms with Crippen LogP contribution in [-0.4, -0.2) is 32.7 Å². The van der Waals surface area contributed by atoms with E-state index in [9.17, 15) is 14.9 Å². The van der Waals surface area contributed by atoms with Crippen molar-refractivity contribution in [2.45, 2.75) is 6.54 Å². The molecule has 0 atom stereocenters. The van der Waals surface area contributed by atoms with Gasteiger partial charge in [0.15, 0.2) is 5.13 Å². The van der Waals surface area contributed by atoms with E-state index in [2.05, 4.69) is 15.4 Å². The Hall–Kier alpha value is -3.27. The molecule has 0 saturated carbocycles. The Kier molecular flexibility index (Phi) is 4.70. The molecule has 128 valence electrons. The zero-order chi connectivity index (χ0) is 17.8. The number of methoxy groups -OCH3 is 1. The summed E-state index contributed by atoms with van der Waals surface area (Å²) in [5, 5.41) is 19.2. The fourth-order valence-electron chi connectivity index (χ4n) is 2.15. The van der Waals surface area contributed by atoms with Crippen molar-refractivity contribution in [3.05, 3.63) is 52.0 Å². The summed E-state index contributed by atoms with van der Waals surface area (Å²) in [5.41, 5.74) is 1.51. The Labute approximate surface area is 146 Å². The number of aromatic nitrogens is 3. The van der Waals surface area contributed by atoms with Gasteiger partial charge in [-0.15, -0.1) is 11.3 Å². The zero-order valence-corrected chi connectivity index (χ0v) is 13.9. The molecule has 1 amide bonds. The number of amides is 1. The van der Waals surface area contributed by atoms with Gasteiger partial charge in [-0.1, -0.05) is 12.1 Å². The highest BCUT2D eigenvalue weighted by Crippen LogP contribution is 2.31. The van der Waals surface area contributed by atoms with Gasteiger partial charge in [-0.05, 0) is 17.1 Å². The lowest BCUT2D eigenvalue weighted by Crippen LogP contribution is -2.19. The van der Waals surface area contributed by atoms with Crippen LogP contribution in [0.5, 0.6) is 5.75 Å². The third-order valence-electron chi connectivity index (χ3n) is 3.25. The quantitative estimate of drug-likeness (QED) is 0.535. The normalized spacial score (nSPS) is 10.4. The van der Waals surface area contributed by atoms with Crippen molar-refractivity contribution in [3.8, 4) is 17.0 Å². The smallest absolute Gasteiger partial charge is 0.389 e. The molecule has 9 nitrogen and oxygen atoms in total. The first-order valence-electron chi connectivity index (χ1n) is 7.13. The number of carbonyl (C=O) groups is 1. The van der Waals surface area contributed by atoms with E-state index in [0.717, 1.165) is 5.56 Å². The molecule has 0 unspecified atom stereocenters. The highest BCUT2D eigenvalue weighted by molar-refractivity contribution is 7.14. The summed E-state index contributed by atoms with van der Waals surface area (Å²) in [6.45, 7) is -0.141. The Bertz CT molecular complexity index is 920. The van der Waals surface area contributed by atoms with Crippen LogP contribution in [0.2, 0.25) is 0 Å². The Balaban J connectivity index is 1.68. The molecule has 10 heteroatoms. The van der Waals surface area contributed by atoms with Gasteiger partial charge < -0.3 is 20.2 Å². The van der Waals surface area contributed by atoms with E-state index >= 15 is 0 Å². The molecule has 1 aromatic carbocycles. The fraction of sp³-hybridized carbons (Fsp3) is 0.133. The van der Waals surface area contributed by atoms with Crippen LogP contribution in [0.1, 0.15) is 0 Å². The average Bonchev–Trinajstić information content (AvgIpc) is 3.24. The molecule has 0 radical (unpaired) electrons. The number of hydrogen-bond acceptors (Lipinski definition) is 7. The van der Waals surface area contributed by atoms with Crippen molar-refractivity contribution in [3.63, 3.8) is 0 Å². The van der Waals surface area contributed by atoms with Crippen molar-refractivity contribution in [1.29, 1.82) is 0 Å². The molecule has 2 heterocycles. The van der Waals surface area contributed by atoms with Crippen molar-refractivity contribution >= 4 is 28.2 Å². The molecule has 3 aromatic rings. The molecular weight excluding hydrogens is 346 g/mol. The van der Waals surface area contributed by atoms with Gasteiger partial charge in [-0.25, -0.2) is 4.98 Å². The lowest BCUT2D eigenvalue weighted by atomic mass is 10.1. The standard InChI is InChI=1S/C15H13N5O4S/c1-24-12-5-3-2-4-10(12)11-9-25-15(16-11)17-14(21)8-19-7-6-13(18-19)20(22)23/h2-7,9H,8H2,1H3,(H,16,17,21). The molecule has 0 bridgehead atoms. The van der Waals surface area contributed by atoms with Gasteiger partial charge in [0.25, 0.3) is 0 Å². The van der Waals surface area contributed by atoms with Crippen LogP contribution >= 0.6 is 11.3 Å². The van der Waals surface area contributed by atoms with E-state index in [4.69, 9.17) is 4.74 Å². The molecular formula is C15H13N5O4S. The summed E-state index contributed by atoms with van der Waals surface area (Å²) in [6, 6.07) is 8.68. The van der Waals surface area contributed by atoms with Crippen LogP contribution in [-0.2, 0) is 11.3 Å². The van der Waals surface area contributed by atoms with E-state index in [1.807, 2.05) is 29.6 Å². The second-order valence-electron chi connectivity index (χ2n) is 4.91. The molecule has 0 aliphatic rings. The van der Waals surface area contributed by atoms with Crippen LogP contribution in [0, 0.1) is 10.1 Å². The van der Waals surface area contributed by atoms with Gasteiger partial charge in [0.1, 0.15) is 12.3 Å². The number of nitro groups is 1. The van der Waals surface area contributed by atoms with Crippen LogP contribution < -0.4 is 10.1 Å². The molecule has 0 aliphatic carbocycles. The molecule has 0 fully saturated rings. The maximum Gasteiger partial charge on any atom is 0.389 e. The maximum atomic E-state index is 12.0. The van der Waals surface area contributed by atoms with Gasteiger partial charge in [0, 0.05) is 10.9 Å². The highest BCUT2D eigenvalue weighted by Gasteiger charge is 2.15. The van der Waals surface area contributed by atoms with Gasteiger partial charge in [-0.2, -0.15) is 4.68 Å². The molecule has 0 aliphatic heterocycles. The monoisotopic (exact) mass is 359 g/mol. The van der Waals surface area contributed by atoms with Crippen molar-refractivity contribution in [2.75, 3.05) is 12.4 Å². The van der Waals surface area contributed by atoms with E-state index in [0.29, 0.717) is 16.6 Å². The largest absolute Gasteiger partial charge is 0.496 e. The number of carbonyl (C=O) groups excluding carboxylic acids is 1. The van der Waals surface area contributed by atoms with Crippen molar-refractivity contribution in [1.82, 2.24) is 14.8 Å². The fourth-order valence-corrected chi connectivity index (χ4v) is 2.88. The maximum absolute atomic E-state index is 12.0.